The molecule has 3 nitrogen and oxygen atoms in total. The minimum atomic E-state index is 0.799. The zero-order valence-electron chi connectivity index (χ0n) is 9.03. The number of aromatic nitrogens is 2. The van der Waals surface area contributed by atoms with Gasteiger partial charge in [0.05, 0.1) is 5.69 Å². The molecule has 1 heterocycles. The van der Waals surface area contributed by atoms with Crippen molar-refractivity contribution in [1.29, 1.82) is 0 Å². The van der Waals surface area contributed by atoms with Crippen molar-refractivity contribution in [2.75, 3.05) is 6.54 Å². The SMILES string of the molecule is CC(C)CCCNCc1cnccn1. The maximum Gasteiger partial charge on any atom is 0.0724 e. The van der Waals surface area contributed by atoms with Crippen molar-refractivity contribution in [3.05, 3.63) is 24.3 Å². The number of nitrogens with zero attached hydrogens (tertiary/aromatic N) is 2. The van der Waals surface area contributed by atoms with Crippen molar-refractivity contribution >= 4 is 0 Å². The second kappa shape index (κ2) is 6.49. The number of hydrogen-bond acceptors (Lipinski definition) is 3. The van der Waals surface area contributed by atoms with Crippen LogP contribution in [0.1, 0.15) is 32.4 Å². The molecule has 0 aliphatic heterocycles. The Balaban J connectivity index is 2.05. The molecule has 0 aliphatic carbocycles. The first-order chi connectivity index (χ1) is 6.79. The summed E-state index contributed by atoms with van der Waals surface area (Å²) < 4.78 is 0. The largest absolute Gasteiger partial charge is 0.311 e. The molecule has 1 aromatic rings. The Morgan fingerprint density at radius 1 is 1.36 bits per heavy atom. The van der Waals surface area contributed by atoms with Crippen molar-refractivity contribution < 1.29 is 0 Å². The third-order valence-electron chi connectivity index (χ3n) is 2.06. The lowest BCUT2D eigenvalue weighted by Crippen LogP contribution is -2.16. The molecule has 14 heavy (non-hydrogen) atoms. The van der Waals surface area contributed by atoms with E-state index in [0.29, 0.717) is 0 Å². The van der Waals surface area contributed by atoms with Gasteiger partial charge in [-0.05, 0) is 25.3 Å². The average molecular weight is 193 g/mol. The Kier molecular flexibility index (Phi) is 5.15. The molecule has 1 aromatic heterocycles. The number of rotatable bonds is 6. The van der Waals surface area contributed by atoms with Crippen LogP contribution in [0.5, 0.6) is 0 Å². The molecule has 0 aromatic carbocycles. The average Bonchev–Trinajstić information content (AvgIpc) is 2.18. The highest BCUT2D eigenvalue weighted by Crippen LogP contribution is 2.01. The lowest BCUT2D eigenvalue weighted by molar-refractivity contribution is 0.525. The Hall–Kier alpha value is -0.960. The van der Waals surface area contributed by atoms with Crippen molar-refractivity contribution in [2.45, 2.75) is 33.2 Å². The van der Waals surface area contributed by atoms with Gasteiger partial charge in [-0.25, -0.2) is 0 Å². The van der Waals surface area contributed by atoms with Crippen LogP contribution in [0.3, 0.4) is 0 Å². The van der Waals surface area contributed by atoms with Crippen LogP contribution < -0.4 is 5.32 Å². The minimum absolute atomic E-state index is 0.799. The third kappa shape index (κ3) is 4.92. The Morgan fingerprint density at radius 3 is 2.86 bits per heavy atom. The summed E-state index contributed by atoms with van der Waals surface area (Å²) in [6.45, 7) is 6.39. The Bertz CT molecular complexity index is 234. The van der Waals surface area contributed by atoms with Gasteiger partial charge in [-0.2, -0.15) is 0 Å². The zero-order chi connectivity index (χ0) is 10.2. The van der Waals surface area contributed by atoms with Crippen LogP contribution in [-0.2, 0) is 6.54 Å². The molecule has 1 rings (SSSR count). The highest BCUT2D eigenvalue weighted by molar-refractivity contribution is 4.93. The van der Waals surface area contributed by atoms with Crippen molar-refractivity contribution in [3.8, 4) is 0 Å². The molecule has 0 atom stereocenters. The summed E-state index contributed by atoms with van der Waals surface area (Å²) in [4.78, 5) is 8.20. The van der Waals surface area contributed by atoms with Crippen molar-refractivity contribution in [3.63, 3.8) is 0 Å². The van der Waals surface area contributed by atoms with E-state index in [1.807, 2.05) is 0 Å². The molecule has 0 saturated heterocycles. The molecule has 0 spiro atoms. The molecule has 3 heteroatoms. The first-order valence-electron chi connectivity index (χ1n) is 5.24. The predicted molar refractivity (Wildman–Crippen MR) is 57.8 cm³/mol. The lowest BCUT2D eigenvalue weighted by atomic mass is 10.1. The van der Waals surface area contributed by atoms with E-state index in [0.717, 1.165) is 24.7 Å². The molecule has 0 radical (unpaired) electrons. The molecule has 0 unspecified atom stereocenters. The van der Waals surface area contributed by atoms with Crippen LogP contribution >= 0.6 is 0 Å². The van der Waals surface area contributed by atoms with Crippen LogP contribution in [0.2, 0.25) is 0 Å². The fourth-order valence-electron chi connectivity index (χ4n) is 1.27. The van der Waals surface area contributed by atoms with E-state index < -0.39 is 0 Å². The molecule has 1 N–H and O–H groups in total. The summed E-state index contributed by atoms with van der Waals surface area (Å²) >= 11 is 0. The second-order valence-electron chi connectivity index (χ2n) is 3.91. The van der Waals surface area contributed by atoms with Gasteiger partial charge in [0.25, 0.3) is 0 Å². The summed E-state index contributed by atoms with van der Waals surface area (Å²) in [5.41, 5.74) is 1.01. The van der Waals surface area contributed by atoms with E-state index in [4.69, 9.17) is 0 Å². The van der Waals surface area contributed by atoms with Crippen molar-refractivity contribution in [1.82, 2.24) is 15.3 Å². The van der Waals surface area contributed by atoms with Crippen LogP contribution in [-0.4, -0.2) is 16.5 Å². The highest BCUT2D eigenvalue weighted by atomic mass is 14.9. The van der Waals surface area contributed by atoms with E-state index in [9.17, 15) is 0 Å². The molecule has 0 amide bonds. The molecule has 0 fully saturated rings. The monoisotopic (exact) mass is 193 g/mol. The van der Waals surface area contributed by atoms with Crippen LogP contribution in [0.25, 0.3) is 0 Å². The van der Waals surface area contributed by atoms with Crippen molar-refractivity contribution in [2.24, 2.45) is 5.92 Å². The molecule has 0 aliphatic rings. The summed E-state index contributed by atoms with van der Waals surface area (Å²) in [7, 11) is 0. The van der Waals surface area contributed by atoms with Gasteiger partial charge in [-0.1, -0.05) is 13.8 Å². The van der Waals surface area contributed by atoms with E-state index in [-0.39, 0.29) is 0 Å². The predicted octanol–water partition coefficient (Wildman–Crippen LogP) is 2.00. The van der Waals surface area contributed by atoms with Gasteiger partial charge in [-0.15, -0.1) is 0 Å². The van der Waals surface area contributed by atoms with E-state index in [1.165, 1.54) is 12.8 Å². The maximum absolute atomic E-state index is 4.19. The molecular weight excluding hydrogens is 174 g/mol. The van der Waals surface area contributed by atoms with Crippen LogP contribution in [0, 0.1) is 5.92 Å². The van der Waals surface area contributed by atoms with Crippen LogP contribution in [0.15, 0.2) is 18.6 Å². The maximum atomic E-state index is 4.19. The minimum Gasteiger partial charge on any atom is -0.311 e. The second-order valence-corrected chi connectivity index (χ2v) is 3.91. The number of hydrogen-bond donors (Lipinski definition) is 1. The molecular formula is C11H19N3. The van der Waals surface area contributed by atoms with Gasteiger partial charge in [0.1, 0.15) is 0 Å². The molecule has 0 bridgehead atoms. The Morgan fingerprint density at radius 2 is 2.21 bits per heavy atom. The van der Waals surface area contributed by atoms with E-state index in [2.05, 4.69) is 29.1 Å². The fourth-order valence-corrected chi connectivity index (χ4v) is 1.27. The topological polar surface area (TPSA) is 37.8 Å². The standard InChI is InChI=1S/C11H19N3/c1-10(2)4-3-5-12-8-11-9-13-6-7-14-11/h6-7,9-10,12H,3-5,8H2,1-2H3. The molecule has 0 saturated carbocycles. The summed E-state index contributed by atoms with van der Waals surface area (Å²) in [6.07, 6.45) is 7.74. The summed E-state index contributed by atoms with van der Waals surface area (Å²) in [5.74, 6) is 0.799. The third-order valence-corrected chi connectivity index (χ3v) is 2.06. The normalized spacial score (nSPS) is 10.8. The van der Waals surface area contributed by atoms with Crippen LogP contribution in [0.4, 0.5) is 0 Å². The quantitative estimate of drug-likeness (QED) is 0.702. The Labute approximate surface area is 86.0 Å². The van der Waals surface area contributed by atoms with E-state index >= 15 is 0 Å². The highest BCUT2D eigenvalue weighted by Gasteiger charge is 1.95. The fraction of sp³-hybridized carbons (Fsp3) is 0.636. The summed E-state index contributed by atoms with van der Waals surface area (Å²) in [6, 6.07) is 0. The van der Waals surface area contributed by atoms with Gasteiger partial charge in [-0.3, -0.25) is 9.97 Å². The van der Waals surface area contributed by atoms with Gasteiger partial charge in [0.2, 0.25) is 0 Å². The zero-order valence-corrected chi connectivity index (χ0v) is 9.03. The van der Waals surface area contributed by atoms with Gasteiger partial charge in [0, 0.05) is 25.1 Å². The first kappa shape index (κ1) is 11.1. The lowest BCUT2D eigenvalue weighted by Gasteiger charge is -2.05. The molecule has 78 valence electrons. The smallest absolute Gasteiger partial charge is 0.0724 e. The first-order valence-corrected chi connectivity index (χ1v) is 5.24. The van der Waals surface area contributed by atoms with Gasteiger partial charge >= 0.3 is 0 Å². The number of nitrogens with one attached hydrogen (secondary N) is 1. The summed E-state index contributed by atoms with van der Waals surface area (Å²) in [5, 5.41) is 3.35. The van der Waals surface area contributed by atoms with E-state index in [1.54, 1.807) is 18.6 Å². The van der Waals surface area contributed by atoms with Gasteiger partial charge < -0.3 is 5.32 Å². The van der Waals surface area contributed by atoms with Gasteiger partial charge in [0.15, 0.2) is 0 Å².